The highest BCUT2D eigenvalue weighted by Crippen LogP contribution is 2.24. The van der Waals surface area contributed by atoms with Gasteiger partial charge in [0.05, 0.1) is 33.6 Å². The molecule has 0 bridgehead atoms. The van der Waals surface area contributed by atoms with Crippen LogP contribution in [0.1, 0.15) is 28.2 Å². The number of methoxy groups -OCH3 is 3. The Morgan fingerprint density at radius 1 is 0.794 bits per heavy atom. The first-order valence-electron chi connectivity index (χ1n) is 10.5. The summed E-state index contributed by atoms with van der Waals surface area (Å²) in [6.45, 7) is 0.103. The summed E-state index contributed by atoms with van der Waals surface area (Å²) < 4.78 is 15.5. The van der Waals surface area contributed by atoms with Crippen molar-refractivity contribution in [1.82, 2.24) is 30.8 Å². The standard InChI is InChI=1S/C23H25N7O4/c1-32-17-9-7-15(8-10-17)12-19-21(26-28-24-19)14-30(23(31)34-3)22-20(25-29-27-22)13-16-5-4-6-18(11-16)33-2/h4-11H,12-14H2,1-3H3,(H,24,26,28)(H,25,27,29). The van der Waals surface area contributed by atoms with Crippen LogP contribution in [0.4, 0.5) is 10.6 Å². The molecule has 0 unspecified atom stereocenters. The zero-order valence-corrected chi connectivity index (χ0v) is 19.1. The van der Waals surface area contributed by atoms with Gasteiger partial charge < -0.3 is 14.2 Å². The Morgan fingerprint density at radius 3 is 2.21 bits per heavy atom. The molecule has 0 fully saturated rings. The Kier molecular flexibility index (Phi) is 7.01. The van der Waals surface area contributed by atoms with Crippen molar-refractivity contribution in [3.8, 4) is 11.5 Å². The van der Waals surface area contributed by atoms with Crippen molar-refractivity contribution >= 4 is 11.9 Å². The van der Waals surface area contributed by atoms with Crippen molar-refractivity contribution in [1.29, 1.82) is 0 Å². The van der Waals surface area contributed by atoms with E-state index in [1.54, 1.807) is 14.2 Å². The van der Waals surface area contributed by atoms with Crippen LogP contribution in [0.25, 0.3) is 0 Å². The van der Waals surface area contributed by atoms with Crippen LogP contribution in [0, 0.1) is 0 Å². The average molecular weight is 463 g/mol. The van der Waals surface area contributed by atoms with Gasteiger partial charge >= 0.3 is 6.09 Å². The van der Waals surface area contributed by atoms with Gasteiger partial charge in [-0.2, -0.15) is 25.7 Å². The number of benzene rings is 2. The van der Waals surface area contributed by atoms with E-state index < -0.39 is 6.09 Å². The Morgan fingerprint density at radius 2 is 1.47 bits per heavy atom. The van der Waals surface area contributed by atoms with Crippen molar-refractivity contribution in [2.75, 3.05) is 26.2 Å². The second-order valence-corrected chi connectivity index (χ2v) is 7.42. The van der Waals surface area contributed by atoms with E-state index >= 15 is 0 Å². The van der Waals surface area contributed by atoms with Gasteiger partial charge in [-0.1, -0.05) is 24.3 Å². The largest absolute Gasteiger partial charge is 0.497 e. The number of nitrogens with one attached hydrogen (secondary N) is 2. The zero-order valence-electron chi connectivity index (χ0n) is 19.1. The number of carbonyl (C=O) groups excluding carboxylic acids is 1. The van der Waals surface area contributed by atoms with Crippen LogP contribution in [0.3, 0.4) is 0 Å². The lowest BCUT2D eigenvalue weighted by Crippen LogP contribution is -2.32. The Labute approximate surface area is 196 Å². The molecule has 1 amide bonds. The summed E-state index contributed by atoms with van der Waals surface area (Å²) in [5.41, 5.74) is 3.87. The zero-order chi connectivity index (χ0) is 23.9. The summed E-state index contributed by atoms with van der Waals surface area (Å²) >= 11 is 0. The van der Waals surface area contributed by atoms with E-state index in [9.17, 15) is 4.79 Å². The average Bonchev–Trinajstić information content (AvgIpc) is 3.51. The van der Waals surface area contributed by atoms with Gasteiger partial charge in [0.2, 0.25) is 0 Å². The minimum absolute atomic E-state index is 0.103. The molecule has 0 saturated heterocycles. The van der Waals surface area contributed by atoms with Gasteiger partial charge in [-0.3, -0.25) is 4.90 Å². The molecule has 2 heterocycles. The molecule has 2 aromatic carbocycles. The van der Waals surface area contributed by atoms with Crippen molar-refractivity contribution < 1.29 is 19.0 Å². The van der Waals surface area contributed by atoms with Crippen LogP contribution in [-0.2, 0) is 24.1 Å². The third kappa shape index (κ3) is 5.14. The molecule has 2 aromatic heterocycles. The molecule has 0 saturated carbocycles. The number of nitrogens with zero attached hydrogens (tertiary/aromatic N) is 5. The minimum atomic E-state index is -0.584. The lowest BCUT2D eigenvalue weighted by molar-refractivity contribution is 0.178. The van der Waals surface area contributed by atoms with Gasteiger partial charge in [0.25, 0.3) is 0 Å². The molecule has 11 nitrogen and oxygen atoms in total. The van der Waals surface area contributed by atoms with Crippen molar-refractivity contribution in [3.05, 3.63) is 76.7 Å². The molecule has 2 N–H and O–H groups in total. The predicted octanol–water partition coefficient (Wildman–Crippen LogP) is 2.89. The molecular formula is C23H25N7O4. The number of hydrogen-bond acceptors (Lipinski definition) is 8. The van der Waals surface area contributed by atoms with E-state index in [2.05, 4.69) is 30.8 Å². The van der Waals surface area contributed by atoms with E-state index in [4.69, 9.17) is 14.2 Å². The smallest absolute Gasteiger partial charge is 0.415 e. The lowest BCUT2D eigenvalue weighted by Gasteiger charge is -2.19. The van der Waals surface area contributed by atoms with Gasteiger partial charge in [-0.05, 0) is 35.4 Å². The number of aromatic nitrogens is 6. The molecule has 176 valence electrons. The maximum atomic E-state index is 12.7. The monoisotopic (exact) mass is 463 g/mol. The Bertz CT molecular complexity index is 1240. The maximum Gasteiger partial charge on any atom is 0.415 e. The summed E-state index contributed by atoms with van der Waals surface area (Å²) in [5.74, 6) is 1.86. The summed E-state index contributed by atoms with van der Waals surface area (Å²) in [5, 5.41) is 22.3. The van der Waals surface area contributed by atoms with E-state index in [1.807, 2.05) is 48.5 Å². The van der Waals surface area contributed by atoms with E-state index in [0.717, 1.165) is 22.6 Å². The molecule has 0 spiro atoms. The molecule has 4 rings (SSSR count). The van der Waals surface area contributed by atoms with Gasteiger partial charge in [-0.15, -0.1) is 5.10 Å². The van der Waals surface area contributed by atoms with Gasteiger partial charge in [0, 0.05) is 12.8 Å². The predicted molar refractivity (Wildman–Crippen MR) is 123 cm³/mol. The molecule has 0 aliphatic rings. The Balaban J connectivity index is 1.57. The third-order valence-corrected chi connectivity index (χ3v) is 5.30. The third-order valence-electron chi connectivity index (χ3n) is 5.30. The molecule has 0 aliphatic carbocycles. The van der Waals surface area contributed by atoms with Crippen molar-refractivity contribution in [2.24, 2.45) is 0 Å². The first-order chi connectivity index (χ1) is 16.6. The number of rotatable bonds is 9. The van der Waals surface area contributed by atoms with Crippen LogP contribution >= 0.6 is 0 Å². The lowest BCUT2D eigenvalue weighted by atomic mass is 10.1. The fraction of sp³-hybridized carbons (Fsp3) is 0.261. The highest BCUT2D eigenvalue weighted by Gasteiger charge is 2.26. The second kappa shape index (κ2) is 10.5. The number of amides is 1. The molecular weight excluding hydrogens is 438 g/mol. The number of anilines is 1. The topological polar surface area (TPSA) is 131 Å². The van der Waals surface area contributed by atoms with E-state index in [-0.39, 0.29) is 6.54 Å². The number of aromatic amines is 2. The number of carbonyl (C=O) groups is 1. The number of ether oxygens (including phenoxy) is 3. The van der Waals surface area contributed by atoms with Gasteiger partial charge in [0.15, 0.2) is 5.82 Å². The normalized spacial score (nSPS) is 10.7. The van der Waals surface area contributed by atoms with Crippen molar-refractivity contribution in [2.45, 2.75) is 19.4 Å². The van der Waals surface area contributed by atoms with Gasteiger partial charge in [0.1, 0.15) is 22.9 Å². The summed E-state index contributed by atoms with van der Waals surface area (Å²) in [7, 11) is 4.55. The molecule has 11 heteroatoms. The fourth-order valence-corrected chi connectivity index (χ4v) is 3.52. The second-order valence-electron chi connectivity index (χ2n) is 7.42. The molecule has 34 heavy (non-hydrogen) atoms. The van der Waals surface area contributed by atoms with Crippen LogP contribution < -0.4 is 14.4 Å². The molecule has 0 radical (unpaired) electrons. The Hall–Kier alpha value is -4.41. The maximum absolute atomic E-state index is 12.7. The summed E-state index contributed by atoms with van der Waals surface area (Å²) in [6.07, 6.45) is 0.383. The fourth-order valence-electron chi connectivity index (χ4n) is 3.52. The molecule has 0 aliphatic heterocycles. The van der Waals surface area contributed by atoms with Crippen LogP contribution in [0.15, 0.2) is 48.5 Å². The summed E-state index contributed by atoms with van der Waals surface area (Å²) in [4.78, 5) is 14.1. The number of hydrogen-bond donors (Lipinski definition) is 2. The molecule has 0 atom stereocenters. The highest BCUT2D eigenvalue weighted by atomic mass is 16.5. The van der Waals surface area contributed by atoms with Gasteiger partial charge in [-0.25, -0.2) is 4.79 Å². The van der Waals surface area contributed by atoms with Crippen LogP contribution in [0.2, 0.25) is 0 Å². The molecule has 4 aromatic rings. The highest BCUT2D eigenvalue weighted by molar-refractivity contribution is 5.86. The first kappa shape index (κ1) is 22.8. The van der Waals surface area contributed by atoms with Crippen LogP contribution in [-0.4, -0.2) is 58.2 Å². The quantitative estimate of drug-likeness (QED) is 0.387. The first-order valence-corrected chi connectivity index (χ1v) is 10.5. The SMILES string of the molecule is COC(=O)N(Cc1n[nH]nc1Cc1ccc(OC)cc1)c1n[nH]nc1Cc1cccc(OC)c1. The van der Waals surface area contributed by atoms with E-state index in [0.29, 0.717) is 35.7 Å². The van der Waals surface area contributed by atoms with Crippen molar-refractivity contribution in [3.63, 3.8) is 0 Å². The minimum Gasteiger partial charge on any atom is -0.497 e. The van der Waals surface area contributed by atoms with Crippen LogP contribution in [0.5, 0.6) is 11.5 Å². The number of H-pyrrole nitrogens is 2. The van der Waals surface area contributed by atoms with E-state index in [1.165, 1.54) is 12.0 Å². The summed E-state index contributed by atoms with van der Waals surface area (Å²) in [6, 6.07) is 15.3.